The van der Waals surface area contributed by atoms with Crippen molar-refractivity contribution >= 4 is 101 Å². The predicted molar refractivity (Wildman–Crippen MR) is 372 cm³/mol. The third-order valence-electron chi connectivity index (χ3n) is 17.9. The van der Waals surface area contributed by atoms with Crippen LogP contribution in [0.5, 0.6) is 0 Å². The Balaban J connectivity index is 1.07. The number of hydrogen-bond acceptors (Lipinski definition) is 3. The van der Waals surface area contributed by atoms with Crippen LogP contribution in [0.4, 0.5) is 0 Å². The minimum atomic E-state index is -3.39. The van der Waals surface area contributed by atoms with Gasteiger partial charge < -0.3 is 0 Å². The molecule has 0 amide bonds. The maximum Gasteiger partial charge on any atom is 0.240 e. The highest BCUT2D eigenvalue weighted by atomic mass is 28.3. The van der Waals surface area contributed by atoms with Gasteiger partial charge in [0.15, 0.2) is 22.0 Å². The number of fused-ring (bicyclic) bond motifs is 6. The van der Waals surface area contributed by atoms with Gasteiger partial charge in [-0.05, 0) is 88.0 Å². The van der Waals surface area contributed by atoms with Gasteiger partial charge in [-0.3, -0.25) is 9.13 Å². The van der Waals surface area contributed by atoms with Gasteiger partial charge in [0.05, 0.1) is 22.1 Å². The predicted octanol–water partition coefficient (Wildman–Crippen LogP) is 13.8. The molecule has 0 bridgehead atoms. The molecule has 16 rings (SSSR count). The monoisotopic (exact) mass is 1160 g/mol. The van der Waals surface area contributed by atoms with Crippen LogP contribution in [0.2, 0.25) is 0 Å². The second-order valence-electron chi connectivity index (χ2n) is 22.6. The lowest BCUT2D eigenvalue weighted by molar-refractivity contribution is 0.893. The average molecular weight is 1160 g/mol. The smallest absolute Gasteiger partial charge is 0.240 e. The molecular formula is C81H57N5Si2. The van der Waals surface area contributed by atoms with Crippen LogP contribution in [0.25, 0.3) is 89.2 Å². The summed E-state index contributed by atoms with van der Waals surface area (Å²) < 4.78 is 4.47. The van der Waals surface area contributed by atoms with Gasteiger partial charge in [0, 0.05) is 27.1 Å². The third kappa shape index (κ3) is 8.70. The van der Waals surface area contributed by atoms with E-state index in [2.05, 4.69) is 355 Å². The van der Waals surface area contributed by atoms with Gasteiger partial charge in [0.25, 0.3) is 0 Å². The number of nitrogens with zero attached hydrogens (tertiary/aromatic N) is 5. The summed E-state index contributed by atoms with van der Waals surface area (Å²) >= 11 is 0. The van der Waals surface area contributed by atoms with E-state index < -0.39 is 16.1 Å². The van der Waals surface area contributed by atoms with E-state index in [4.69, 9.17) is 15.0 Å². The molecule has 0 N–H and O–H groups in total. The Morgan fingerprint density at radius 1 is 0.193 bits per heavy atom. The fourth-order valence-electron chi connectivity index (χ4n) is 14.0. The van der Waals surface area contributed by atoms with E-state index in [-0.39, 0.29) is 0 Å². The molecule has 0 unspecified atom stereocenters. The fraction of sp³-hybridized carbons (Fsp3) is 0. The van der Waals surface area contributed by atoms with Crippen molar-refractivity contribution in [1.82, 2.24) is 24.1 Å². The molecule has 3 heterocycles. The molecule has 0 aliphatic heterocycles. The maximum absolute atomic E-state index is 5.85. The minimum absolute atomic E-state index is 0.531. The molecular weight excluding hydrogens is 1100 g/mol. The van der Waals surface area contributed by atoms with Gasteiger partial charge in [-0.2, -0.15) is 15.0 Å². The number of aromatic nitrogens is 5. The Kier molecular flexibility index (Phi) is 13.2. The molecule has 13 aromatic carbocycles. The van der Waals surface area contributed by atoms with Crippen LogP contribution < -0.4 is 41.5 Å². The molecule has 0 aliphatic rings. The maximum atomic E-state index is 5.85. The Bertz CT molecular complexity index is 4670. The fourth-order valence-corrected chi connectivity index (χ4v) is 23.7. The first-order valence-corrected chi connectivity index (χ1v) is 34.1. The van der Waals surface area contributed by atoms with Crippen molar-refractivity contribution in [1.29, 1.82) is 0 Å². The lowest BCUT2D eigenvalue weighted by Gasteiger charge is -2.38. The van der Waals surface area contributed by atoms with E-state index in [1.54, 1.807) is 0 Å². The molecule has 88 heavy (non-hydrogen) atoms. The summed E-state index contributed by atoms with van der Waals surface area (Å²) in [5.74, 6) is 1.63. The molecule has 0 aliphatic carbocycles. The van der Waals surface area contributed by atoms with Crippen LogP contribution in [-0.2, 0) is 0 Å². The molecule has 7 heteroatoms. The van der Waals surface area contributed by atoms with Gasteiger partial charge in [-0.1, -0.05) is 322 Å². The van der Waals surface area contributed by atoms with E-state index >= 15 is 0 Å². The highest BCUT2D eigenvalue weighted by Crippen LogP contribution is 2.35. The Labute approximate surface area is 513 Å². The van der Waals surface area contributed by atoms with Gasteiger partial charge in [0.2, 0.25) is 11.9 Å². The summed E-state index contributed by atoms with van der Waals surface area (Å²) in [6.45, 7) is 0. The highest BCUT2D eigenvalue weighted by molar-refractivity contribution is 7.22. The minimum Gasteiger partial charge on any atom is -0.278 e. The second kappa shape index (κ2) is 22.1. The van der Waals surface area contributed by atoms with E-state index in [1.165, 1.54) is 63.7 Å². The number of hydrogen-bond donors (Lipinski definition) is 0. The topological polar surface area (TPSA) is 48.5 Å². The first-order valence-electron chi connectivity index (χ1n) is 30.1. The van der Waals surface area contributed by atoms with E-state index in [1.807, 2.05) is 0 Å². The molecule has 0 atom stereocenters. The van der Waals surface area contributed by atoms with Crippen molar-refractivity contribution in [2.24, 2.45) is 0 Å². The van der Waals surface area contributed by atoms with Crippen molar-refractivity contribution in [3.05, 3.63) is 346 Å². The first kappa shape index (κ1) is 52.5. The summed E-state index contributed by atoms with van der Waals surface area (Å²) in [4.78, 5) is 17.4. The molecule has 414 valence electrons. The molecule has 0 spiro atoms. The van der Waals surface area contributed by atoms with Gasteiger partial charge in [0.1, 0.15) is 0 Å². The van der Waals surface area contributed by atoms with Gasteiger partial charge >= 0.3 is 0 Å². The van der Waals surface area contributed by atoms with Crippen molar-refractivity contribution in [2.45, 2.75) is 0 Å². The Hall–Kier alpha value is -11.1. The molecule has 5 nitrogen and oxygen atoms in total. The van der Waals surface area contributed by atoms with E-state index in [9.17, 15) is 0 Å². The molecule has 0 saturated heterocycles. The SMILES string of the molecule is c1ccc(-c2ccc([Si](c3ccccc3)(c3ccccc3)c3cc(-c4nc(-n5c6ccccc6c6ccccc65)nc(-n5c6ccccc6c6ccccc65)n4)cc([Si](c4ccccc4)(c4ccccc4)c4ccc(-c5ccccc5)cc4)c3)cc2)cc1. The Morgan fingerprint density at radius 2 is 0.443 bits per heavy atom. The second-order valence-corrected chi connectivity index (χ2v) is 30.3. The van der Waals surface area contributed by atoms with Crippen LogP contribution >= 0.6 is 0 Å². The lowest BCUT2D eigenvalue weighted by Crippen LogP contribution is -2.78. The molecule has 0 fully saturated rings. The van der Waals surface area contributed by atoms with Crippen LogP contribution in [0.15, 0.2) is 346 Å². The summed E-state index contributed by atoms with van der Waals surface area (Å²) in [5.41, 5.74) is 9.65. The van der Waals surface area contributed by atoms with E-state index in [0.29, 0.717) is 17.7 Å². The zero-order chi connectivity index (χ0) is 58.4. The van der Waals surface area contributed by atoms with E-state index in [0.717, 1.165) is 49.2 Å². The van der Waals surface area contributed by atoms with Gasteiger partial charge in [-0.25, -0.2) is 0 Å². The number of para-hydroxylation sites is 4. The van der Waals surface area contributed by atoms with Crippen LogP contribution in [-0.4, -0.2) is 40.2 Å². The summed E-state index contributed by atoms with van der Waals surface area (Å²) in [6.07, 6.45) is 0. The quantitative estimate of drug-likeness (QED) is 0.0854. The summed E-state index contributed by atoms with van der Waals surface area (Å²) in [5, 5.41) is 14.5. The first-order chi connectivity index (χ1) is 43.6. The summed E-state index contributed by atoms with van der Waals surface area (Å²) in [6, 6.07) is 128. The van der Waals surface area contributed by atoms with Crippen molar-refractivity contribution in [2.75, 3.05) is 0 Å². The molecule has 16 aromatic rings. The normalized spacial score (nSPS) is 11.9. The van der Waals surface area contributed by atoms with Crippen LogP contribution in [0.1, 0.15) is 0 Å². The Morgan fingerprint density at radius 3 is 0.750 bits per heavy atom. The van der Waals surface area contributed by atoms with Crippen molar-refractivity contribution < 1.29 is 0 Å². The largest absolute Gasteiger partial charge is 0.278 e. The molecule has 0 saturated carbocycles. The van der Waals surface area contributed by atoms with Crippen LogP contribution in [0.3, 0.4) is 0 Å². The average Bonchev–Trinajstić information content (AvgIpc) is 1.12. The van der Waals surface area contributed by atoms with Crippen molar-refractivity contribution in [3.8, 4) is 45.5 Å². The van der Waals surface area contributed by atoms with Crippen LogP contribution in [0, 0.1) is 0 Å². The van der Waals surface area contributed by atoms with Crippen molar-refractivity contribution in [3.63, 3.8) is 0 Å². The zero-order valence-corrected chi connectivity index (χ0v) is 50.1. The zero-order valence-electron chi connectivity index (χ0n) is 48.1. The standard InChI is InChI=1S/C81H57N5Si2/c1-7-27-58(28-8-1)60-47-51-67(52-48-60)87(63-31-11-3-12-32-63,64-33-13-4-14-34-64)69-55-62(56-70(57-69)88(65-35-15-5-16-36-65,66-37-17-6-18-38-66)68-53-49-61(50-54-68)59-29-9-2-10-30-59)79-82-80(85-75-43-23-19-39-71(75)72-40-20-24-44-76(72)85)84-81(83-79)86-77-45-25-21-41-73(77)74-42-22-26-46-78(74)86/h1-57H. The van der Waals surface area contributed by atoms with Gasteiger partial charge in [-0.15, -0.1) is 0 Å². The number of rotatable bonds is 13. The molecule has 0 radical (unpaired) electrons. The highest BCUT2D eigenvalue weighted by Gasteiger charge is 2.46. The number of benzene rings is 13. The molecule has 3 aromatic heterocycles. The summed E-state index contributed by atoms with van der Waals surface area (Å²) in [7, 11) is -6.78. The lowest BCUT2D eigenvalue weighted by atomic mass is 10.1. The third-order valence-corrected chi connectivity index (χ3v) is 27.4.